The molecule has 0 saturated carbocycles. The minimum absolute atomic E-state index is 0. The Balaban J connectivity index is 0.00000464. The van der Waals surface area contributed by atoms with E-state index in [0.717, 1.165) is 35.9 Å². The molecule has 0 aliphatic carbocycles. The molecule has 1 fully saturated rings. The molecule has 7 rings (SSSR count). The van der Waals surface area contributed by atoms with Crippen molar-refractivity contribution < 1.29 is 19.2 Å². The van der Waals surface area contributed by atoms with Gasteiger partial charge < -0.3 is 9.47 Å². The Bertz CT molecular complexity index is 1820. The minimum Gasteiger partial charge on any atom is -0.375 e. The van der Waals surface area contributed by atoms with Crippen LogP contribution in [0.5, 0.6) is 0 Å². The highest BCUT2D eigenvalue weighted by molar-refractivity contribution is 8.93. The Kier molecular flexibility index (Phi) is 12.5. The number of aryl methyl sites for hydroxylation is 1. The van der Waals surface area contributed by atoms with Gasteiger partial charge in [0.1, 0.15) is 28.9 Å². The summed E-state index contributed by atoms with van der Waals surface area (Å²) >= 11 is 0. The lowest BCUT2D eigenvalue weighted by Crippen LogP contribution is -2.53. The van der Waals surface area contributed by atoms with Crippen LogP contribution in [0.15, 0.2) is 158 Å². The lowest BCUT2D eigenvalue weighted by molar-refractivity contribution is -0.498. The molecular formula is C43H46BrN3O4P+. The summed E-state index contributed by atoms with van der Waals surface area (Å²) in [7, 11) is -0.265. The van der Waals surface area contributed by atoms with Crippen LogP contribution < -0.4 is 15.9 Å². The summed E-state index contributed by atoms with van der Waals surface area (Å²) in [6.07, 6.45) is 4.57. The van der Waals surface area contributed by atoms with Gasteiger partial charge in [-0.25, -0.2) is 4.89 Å². The number of halogens is 1. The number of ether oxygens (including phenoxy) is 2. The summed E-state index contributed by atoms with van der Waals surface area (Å²) in [4.78, 5) is 12.4. The van der Waals surface area contributed by atoms with Crippen LogP contribution in [0.1, 0.15) is 36.6 Å². The van der Waals surface area contributed by atoms with Crippen molar-refractivity contribution in [3.05, 3.63) is 175 Å². The molecule has 0 spiro atoms. The molecule has 2 heterocycles. The second-order valence-corrected chi connectivity index (χ2v) is 16.8. The van der Waals surface area contributed by atoms with Gasteiger partial charge in [-0.05, 0) is 60.9 Å². The van der Waals surface area contributed by atoms with Crippen molar-refractivity contribution in [1.29, 1.82) is 0 Å². The van der Waals surface area contributed by atoms with E-state index in [-0.39, 0.29) is 22.9 Å². The number of aromatic nitrogens is 3. The highest BCUT2D eigenvalue weighted by Gasteiger charge is 2.52. The summed E-state index contributed by atoms with van der Waals surface area (Å²) in [5.41, 5.74) is 2.00. The van der Waals surface area contributed by atoms with E-state index in [1.807, 2.05) is 54.2 Å². The molecule has 1 aliphatic heterocycles. The molecule has 268 valence electrons. The van der Waals surface area contributed by atoms with Gasteiger partial charge in [0.2, 0.25) is 5.79 Å². The summed E-state index contributed by atoms with van der Waals surface area (Å²) in [5, 5.41) is 13.1. The number of rotatable bonds is 14. The molecule has 6 aromatic rings. The van der Waals surface area contributed by atoms with Crippen LogP contribution in [-0.2, 0) is 38.0 Å². The SMILES string of the molecule is Br.CO[C@]1(C)OOC(c2ccccc2)(c2ccccc2)C[C@@H]1COCc1cn(CCC[P+](c2ccccc2)(c2ccccc2)c2ccccc2)nn1. The molecule has 0 amide bonds. The van der Waals surface area contributed by atoms with Gasteiger partial charge in [0, 0.05) is 26.0 Å². The molecule has 1 aromatic heterocycles. The summed E-state index contributed by atoms with van der Waals surface area (Å²) in [6, 6.07) is 53.4. The molecule has 7 nitrogen and oxygen atoms in total. The van der Waals surface area contributed by atoms with Gasteiger partial charge in [-0.3, -0.25) is 4.68 Å². The van der Waals surface area contributed by atoms with Crippen LogP contribution in [0.4, 0.5) is 0 Å². The van der Waals surface area contributed by atoms with Crippen LogP contribution in [0, 0.1) is 5.92 Å². The standard InChI is InChI=1S/C43H45N3O4P.BrH/c1-42(47-2)37(31-43(50-49-42,35-19-8-3-9-20-35)36-21-10-4-11-22-36)33-48-34-38-32-46(45-44-38)29-18-30-51(39-23-12-5-13-24-39,40-25-14-6-15-26-40)41-27-16-7-17-28-41;/h3-17,19-28,32,37H,18,29-31,33-34H2,1-2H3;1H/q+1;/t37-,42-;/m1./s1. The van der Waals surface area contributed by atoms with E-state index in [0.29, 0.717) is 19.6 Å². The predicted octanol–water partition coefficient (Wildman–Crippen LogP) is 8.03. The Morgan fingerprint density at radius 3 is 1.67 bits per heavy atom. The fourth-order valence-electron chi connectivity index (χ4n) is 7.28. The topological polar surface area (TPSA) is 67.6 Å². The maximum Gasteiger partial charge on any atom is 0.203 e. The molecule has 9 heteroatoms. The smallest absolute Gasteiger partial charge is 0.203 e. The van der Waals surface area contributed by atoms with Crippen molar-refractivity contribution in [2.75, 3.05) is 19.9 Å². The van der Waals surface area contributed by atoms with Gasteiger partial charge in [-0.1, -0.05) is 120 Å². The number of methoxy groups -OCH3 is 1. The normalized spacial score (nSPS) is 18.4. The van der Waals surface area contributed by atoms with E-state index in [9.17, 15) is 0 Å². The molecule has 1 saturated heterocycles. The van der Waals surface area contributed by atoms with Crippen molar-refractivity contribution in [2.24, 2.45) is 5.92 Å². The first-order chi connectivity index (χ1) is 25.1. The molecule has 0 N–H and O–H groups in total. The number of nitrogens with zero attached hydrogens (tertiary/aromatic N) is 3. The Hall–Kier alpha value is -4.01. The maximum atomic E-state index is 6.34. The van der Waals surface area contributed by atoms with Crippen molar-refractivity contribution in [3.8, 4) is 0 Å². The van der Waals surface area contributed by atoms with Crippen molar-refractivity contribution in [2.45, 2.75) is 44.3 Å². The second kappa shape index (κ2) is 17.2. The molecule has 2 atom stereocenters. The average molecular weight is 780 g/mol. The zero-order valence-electron chi connectivity index (χ0n) is 29.7. The molecule has 0 bridgehead atoms. The Morgan fingerprint density at radius 2 is 1.19 bits per heavy atom. The highest BCUT2D eigenvalue weighted by Crippen LogP contribution is 2.56. The van der Waals surface area contributed by atoms with Crippen LogP contribution in [0.3, 0.4) is 0 Å². The first-order valence-corrected chi connectivity index (χ1v) is 19.6. The van der Waals surface area contributed by atoms with E-state index < -0.39 is 18.7 Å². The van der Waals surface area contributed by atoms with Gasteiger partial charge in [0.05, 0.1) is 25.6 Å². The first-order valence-electron chi connectivity index (χ1n) is 17.6. The summed E-state index contributed by atoms with van der Waals surface area (Å²) < 4.78 is 14.2. The van der Waals surface area contributed by atoms with Gasteiger partial charge in [-0.2, -0.15) is 4.89 Å². The third-order valence-electron chi connectivity index (χ3n) is 10.1. The fourth-order valence-corrected chi connectivity index (χ4v) is 11.6. The molecule has 52 heavy (non-hydrogen) atoms. The number of hydrogen-bond donors (Lipinski definition) is 0. The third-order valence-corrected chi connectivity index (χ3v) is 14.7. The van der Waals surface area contributed by atoms with Crippen LogP contribution >= 0.6 is 24.2 Å². The molecule has 1 aliphatic rings. The van der Waals surface area contributed by atoms with Crippen LogP contribution in [0.2, 0.25) is 0 Å². The molecule has 5 aromatic carbocycles. The second-order valence-electron chi connectivity index (χ2n) is 13.2. The number of hydrogen-bond acceptors (Lipinski definition) is 6. The number of benzene rings is 5. The first kappa shape index (κ1) is 37.7. The van der Waals surface area contributed by atoms with Gasteiger partial charge in [0.15, 0.2) is 5.60 Å². The van der Waals surface area contributed by atoms with Crippen molar-refractivity contribution in [1.82, 2.24) is 15.0 Å². The van der Waals surface area contributed by atoms with Gasteiger partial charge in [0.25, 0.3) is 0 Å². The van der Waals surface area contributed by atoms with E-state index >= 15 is 0 Å². The summed E-state index contributed by atoms with van der Waals surface area (Å²) in [5.74, 6) is -1.13. The van der Waals surface area contributed by atoms with Crippen LogP contribution in [-0.4, -0.2) is 40.7 Å². The van der Waals surface area contributed by atoms with Gasteiger partial charge >= 0.3 is 0 Å². The molecule has 0 radical (unpaired) electrons. The average Bonchev–Trinajstić information content (AvgIpc) is 3.66. The van der Waals surface area contributed by atoms with E-state index in [2.05, 4.69) is 126 Å². The quantitative estimate of drug-likeness (QED) is 0.0825. The Labute approximate surface area is 318 Å². The lowest BCUT2D eigenvalue weighted by Gasteiger charge is -2.47. The monoisotopic (exact) mass is 778 g/mol. The zero-order valence-corrected chi connectivity index (χ0v) is 32.3. The zero-order chi connectivity index (χ0) is 35.0. The van der Waals surface area contributed by atoms with Gasteiger partial charge in [-0.15, -0.1) is 22.1 Å². The van der Waals surface area contributed by atoms with Crippen molar-refractivity contribution >= 4 is 40.2 Å². The van der Waals surface area contributed by atoms with E-state index in [1.165, 1.54) is 15.9 Å². The molecule has 0 unspecified atom stereocenters. The lowest BCUT2D eigenvalue weighted by atomic mass is 9.76. The highest BCUT2D eigenvalue weighted by atomic mass is 79.9. The summed E-state index contributed by atoms with van der Waals surface area (Å²) in [6.45, 7) is 3.38. The van der Waals surface area contributed by atoms with E-state index in [1.54, 1.807) is 7.11 Å². The van der Waals surface area contributed by atoms with Crippen LogP contribution in [0.25, 0.3) is 0 Å². The predicted molar refractivity (Wildman–Crippen MR) is 214 cm³/mol. The van der Waals surface area contributed by atoms with Crippen molar-refractivity contribution in [3.63, 3.8) is 0 Å². The third kappa shape index (κ3) is 7.84. The van der Waals surface area contributed by atoms with E-state index in [4.69, 9.17) is 19.2 Å². The maximum absolute atomic E-state index is 6.34. The largest absolute Gasteiger partial charge is 0.375 e. The molecular weight excluding hydrogens is 733 g/mol. The minimum atomic E-state index is -1.91. The fraction of sp³-hybridized carbons (Fsp3) is 0.256. The Morgan fingerprint density at radius 1 is 0.712 bits per heavy atom.